The highest BCUT2D eigenvalue weighted by atomic mass is 16.3. The maximum absolute atomic E-state index is 10.4. The molecule has 7 nitrogen and oxygen atoms in total. The van der Waals surface area contributed by atoms with E-state index < -0.39 is 5.60 Å². The molecule has 1 saturated heterocycles. The van der Waals surface area contributed by atoms with Gasteiger partial charge in [-0.1, -0.05) is 25.1 Å². The average Bonchev–Trinajstić information content (AvgIpc) is 3.60. The van der Waals surface area contributed by atoms with Crippen LogP contribution in [0.25, 0.3) is 16.7 Å². The van der Waals surface area contributed by atoms with Gasteiger partial charge in [0.2, 0.25) is 0 Å². The molecule has 6 rings (SSSR count). The Hall–Kier alpha value is -2.98. The molecule has 0 bridgehead atoms. The number of hydrogen-bond donors (Lipinski definition) is 1. The van der Waals surface area contributed by atoms with Crippen molar-refractivity contribution in [3.05, 3.63) is 42.9 Å². The van der Waals surface area contributed by atoms with Crippen LogP contribution >= 0.6 is 0 Å². The van der Waals surface area contributed by atoms with Crippen molar-refractivity contribution in [3.63, 3.8) is 0 Å². The van der Waals surface area contributed by atoms with Crippen LogP contribution in [0.5, 0.6) is 0 Å². The molecule has 32 heavy (non-hydrogen) atoms. The number of aromatic nitrogens is 4. The van der Waals surface area contributed by atoms with Gasteiger partial charge in [0.05, 0.1) is 29.3 Å². The van der Waals surface area contributed by atoms with E-state index >= 15 is 0 Å². The zero-order valence-corrected chi connectivity index (χ0v) is 18.9. The van der Waals surface area contributed by atoms with E-state index in [4.69, 9.17) is 5.26 Å². The summed E-state index contributed by atoms with van der Waals surface area (Å²) >= 11 is 0. The molecule has 3 atom stereocenters. The lowest BCUT2D eigenvalue weighted by Crippen LogP contribution is -2.35. The molecule has 3 aliphatic rings. The Labute approximate surface area is 188 Å². The van der Waals surface area contributed by atoms with E-state index in [0.717, 1.165) is 35.6 Å². The molecular formula is C25H30N6O. The lowest BCUT2D eigenvalue weighted by atomic mass is 9.84. The van der Waals surface area contributed by atoms with Gasteiger partial charge in [0.15, 0.2) is 5.82 Å². The van der Waals surface area contributed by atoms with E-state index in [1.807, 2.05) is 55.1 Å². The summed E-state index contributed by atoms with van der Waals surface area (Å²) in [6.45, 7) is 7.63. The SMILES string of the molecule is CC1CN(c2cc(-n3ncc4ccccc43)ncn2)CC1C(C)(C)O.N#CC1CC12CC2. The van der Waals surface area contributed by atoms with Crippen molar-refractivity contribution in [1.82, 2.24) is 19.7 Å². The van der Waals surface area contributed by atoms with Gasteiger partial charge in [0.25, 0.3) is 0 Å². The van der Waals surface area contributed by atoms with E-state index in [2.05, 4.69) is 33.0 Å². The Morgan fingerprint density at radius 3 is 2.53 bits per heavy atom. The number of aliphatic hydroxyl groups is 1. The van der Waals surface area contributed by atoms with E-state index in [9.17, 15) is 5.11 Å². The van der Waals surface area contributed by atoms with Crippen molar-refractivity contribution >= 4 is 16.7 Å². The molecular weight excluding hydrogens is 400 g/mol. The number of anilines is 1. The van der Waals surface area contributed by atoms with Crippen LogP contribution in [0.15, 0.2) is 42.9 Å². The van der Waals surface area contributed by atoms with E-state index in [1.54, 1.807) is 6.33 Å². The molecule has 166 valence electrons. The molecule has 1 aliphatic heterocycles. The first-order valence-corrected chi connectivity index (χ1v) is 11.4. The quantitative estimate of drug-likeness (QED) is 0.676. The second kappa shape index (κ2) is 7.56. The highest BCUT2D eigenvalue weighted by Gasteiger charge is 2.63. The van der Waals surface area contributed by atoms with E-state index in [-0.39, 0.29) is 5.92 Å². The largest absolute Gasteiger partial charge is 0.390 e. The summed E-state index contributed by atoms with van der Waals surface area (Å²) in [5.41, 5.74) is 0.938. The average molecular weight is 431 g/mol. The van der Waals surface area contributed by atoms with Gasteiger partial charge in [-0.3, -0.25) is 0 Å². The minimum atomic E-state index is -0.692. The van der Waals surface area contributed by atoms with Crippen LogP contribution < -0.4 is 4.90 Å². The Bertz CT molecular complexity index is 1170. The Morgan fingerprint density at radius 1 is 1.16 bits per heavy atom. The van der Waals surface area contributed by atoms with E-state index in [1.165, 1.54) is 19.3 Å². The molecule has 1 N–H and O–H groups in total. The summed E-state index contributed by atoms with van der Waals surface area (Å²) in [6.07, 6.45) is 7.32. The number of para-hydroxylation sites is 1. The third-order valence-corrected chi connectivity index (χ3v) is 7.41. The standard InChI is InChI=1S/C19H23N5O.C6H7N/c1-13-10-23(11-15(13)19(2,3)25)17-8-18(21-12-20-17)24-16-7-5-4-6-14(16)9-22-24;7-4-5-3-6(5)1-2-6/h4-9,12-13,15,25H,10-11H2,1-3H3;5H,1-3H2. The third kappa shape index (κ3) is 3.84. The maximum atomic E-state index is 10.4. The molecule has 3 aromatic rings. The molecule has 0 amide bonds. The van der Waals surface area contributed by atoms with E-state index in [0.29, 0.717) is 17.3 Å². The normalized spacial score (nSPS) is 25.3. The predicted molar refractivity (Wildman–Crippen MR) is 123 cm³/mol. The number of benzene rings is 1. The second-order valence-electron chi connectivity index (χ2n) is 10.2. The zero-order chi connectivity index (χ0) is 22.5. The fourth-order valence-electron chi connectivity index (χ4n) is 5.10. The summed E-state index contributed by atoms with van der Waals surface area (Å²) in [6, 6.07) is 12.3. The monoisotopic (exact) mass is 430 g/mol. The molecule has 1 spiro atoms. The van der Waals surface area contributed by atoms with Gasteiger partial charge in [-0.2, -0.15) is 10.4 Å². The number of nitrogens with zero attached hydrogens (tertiary/aromatic N) is 6. The summed E-state index contributed by atoms with van der Waals surface area (Å²) < 4.78 is 1.84. The van der Waals surface area contributed by atoms with Gasteiger partial charge in [0, 0.05) is 30.5 Å². The Balaban J connectivity index is 0.000000259. The topological polar surface area (TPSA) is 90.9 Å². The minimum absolute atomic E-state index is 0.219. The lowest BCUT2D eigenvalue weighted by molar-refractivity contribution is 0.0105. The Kier molecular flexibility index (Phi) is 4.94. The Morgan fingerprint density at radius 2 is 1.91 bits per heavy atom. The fourth-order valence-corrected chi connectivity index (χ4v) is 5.10. The van der Waals surface area contributed by atoms with Crippen LogP contribution in [-0.2, 0) is 0 Å². The van der Waals surface area contributed by atoms with Gasteiger partial charge in [-0.05, 0) is 50.5 Å². The van der Waals surface area contributed by atoms with Crippen LogP contribution in [0.2, 0.25) is 0 Å². The van der Waals surface area contributed by atoms with Gasteiger partial charge in [0.1, 0.15) is 12.1 Å². The summed E-state index contributed by atoms with van der Waals surface area (Å²) in [5.74, 6) is 2.72. The molecule has 1 aromatic carbocycles. The third-order valence-electron chi connectivity index (χ3n) is 7.41. The van der Waals surface area contributed by atoms with Crippen molar-refractivity contribution in [3.8, 4) is 11.9 Å². The first-order valence-electron chi connectivity index (χ1n) is 11.4. The maximum Gasteiger partial charge on any atom is 0.159 e. The van der Waals surface area contributed by atoms with Gasteiger partial charge in [-0.25, -0.2) is 14.6 Å². The number of hydrogen-bond acceptors (Lipinski definition) is 6. The van der Waals surface area contributed by atoms with Crippen molar-refractivity contribution in [2.75, 3.05) is 18.0 Å². The molecule has 2 aliphatic carbocycles. The van der Waals surface area contributed by atoms with Crippen LogP contribution in [0.4, 0.5) is 5.82 Å². The number of nitriles is 1. The minimum Gasteiger partial charge on any atom is -0.390 e. The summed E-state index contributed by atoms with van der Waals surface area (Å²) in [5, 5.41) is 24.3. The van der Waals surface area contributed by atoms with Crippen LogP contribution in [0.1, 0.15) is 40.0 Å². The summed E-state index contributed by atoms with van der Waals surface area (Å²) in [4.78, 5) is 11.1. The van der Waals surface area contributed by atoms with Gasteiger partial charge >= 0.3 is 0 Å². The molecule has 0 radical (unpaired) electrons. The molecule has 2 aromatic heterocycles. The highest BCUT2D eigenvalue weighted by Crippen LogP contribution is 2.70. The number of fused-ring (bicyclic) bond motifs is 1. The highest BCUT2D eigenvalue weighted by molar-refractivity contribution is 5.79. The van der Waals surface area contributed by atoms with Crippen LogP contribution in [-0.4, -0.2) is 43.5 Å². The van der Waals surface area contributed by atoms with Crippen molar-refractivity contribution < 1.29 is 5.11 Å². The first-order chi connectivity index (χ1) is 15.3. The lowest BCUT2D eigenvalue weighted by Gasteiger charge is -2.28. The molecule has 3 unspecified atom stereocenters. The molecule has 3 fully saturated rings. The van der Waals surface area contributed by atoms with Crippen molar-refractivity contribution in [2.45, 2.75) is 45.6 Å². The predicted octanol–water partition coefficient (Wildman–Crippen LogP) is 3.97. The van der Waals surface area contributed by atoms with Gasteiger partial charge in [-0.15, -0.1) is 0 Å². The smallest absolute Gasteiger partial charge is 0.159 e. The van der Waals surface area contributed by atoms with Crippen molar-refractivity contribution in [1.29, 1.82) is 5.26 Å². The van der Waals surface area contributed by atoms with Gasteiger partial charge < -0.3 is 10.0 Å². The van der Waals surface area contributed by atoms with Crippen molar-refractivity contribution in [2.24, 2.45) is 23.2 Å². The second-order valence-corrected chi connectivity index (χ2v) is 10.2. The molecule has 3 heterocycles. The molecule has 7 heteroatoms. The first kappa shape index (κ1) is 20.9. The fraction of sp³-hybridized carbons (Fsp3) is 0.520. The van der Waals surface area contributed by atoms with Crippen LogP contribution in [0.3, 0.4) is 0 Å². The van der Waals surface area contributed by atoms with Crippen LogP contribution in [0, 0.1) is 34.5 Å². The number of rotatable bonds is 3. The summed E-state index contributed by atoms with van der Waals surface area (Å²) in [7, 11) is 0. The zero-order valence-electron chi connectivity index (χ0n) is 18.9. The molecule has 2 saturated carbocycles.